The van der Waals surface area contributed by atoms with Crippen molar-refractivity contribution in [1.29, 1.82) is 0 Å². The van der Waals surface area contributed by atoms with Gasteiger partial charge in [-0.25, -0.2) is 0 Å². The molecule has 0 aromatic heterocycles. The van der Waals surface area contributed by atoms with E-state index in [2.05, 4.69) is 16.8 Å². The van der Waals surface area contributed by atoms with E-state index in [0.29, 0.717) is 18.2 Å². The number of ether oxygens (including phenoxy) is 1. The molecule has 0 radical (unpaired) electrons. The van der Waals surface area contributed by atoms with Gasteiger partial charge in [0.15, 0.2) is 0 Å². The first kappa shape index (κ1) is 15.6. The predicted molar refractivity (Wildman–Crippen MR) is 83.6 cm³/mol. The van der Waals surface area contributed by atoms with Crippen LogP contribution in [0.5, 0.6) is 5.75 Å². The third kappa shape index (κ3) is 4.35. The molecule has 2 N–H and O–H groups in total. The summed E-state index contributed by atoms with van der Waals surface area (Å²) in [6, 6.07) is 5.84. The van der Waals surface area contributed by atoms with Crippen molar-refractivity contribution in [3.63, 3.8) is 0 Å². The van der Waals surface area contributed by atoms with Crippen LogP contribution in [0.3, 0.4) is 0 Å². The van der Waals surface area contributed by atoms with Crippen LogP contribution in [0.2, 0.25) is 5.02 Å². The molecule has 0 spiro atoms. The van der Waals surface area contributed by atoms with Gasteiger partial charge in [-0.3, -0.25) is 4.90 Å². The second-order valence-electron chi connectivity index (χ2n) is 5.26. The third-order valence-corrected chi connectivity index (χ3v) is 4.01. The van der Waals surface area contributed by atoms with E-state index in [1.807, 2.05) is 18.2 Å². The van der Waals surface area contributed by atoms with Crippen LogP contribution < -0.4 is 10.5 Å². The van der Waals surface area contributed by atoms with Crippen molar-refractivity contribution in [2.75, 3.05) is 52.9 Å². The van der Waals surface area contributed by atoms with E-state index in [9.17, 15) is 0 Å². The van der Waals surface area contributed by atoms with Gasteiger partial charge in [-0.1, -0.05) is 23.7 Å². The number of nitrogens with zero attached hydrogens (tertiary/aromatic N) is 2. The lowest BCUT2D eigenvalue weighted by atomic mass is 10.1. The zero-order chi connectivity index (χ0) is 14.4. The van der Waals surface area contributed by atoms with Crippen LogP contribution in [0, 0.1) is 0 Å². The van der Waals surface area contributed by atoms with Gasteiger partial charge in [0.1, 0.15) is 12.4 Å². The van der Waals surface area contributed by atoms with Crippen LogP contribution in [-0.4, -0.2) is 62.7 Å². The third-order valence-electron chi connectivity index (χ3n) is 3.71. The van der Waals surface area contributed by atoms with Crippen LogP contribution >= 0.6 is 11.6 Å². The van der Waals surface area contributed by atoms with E-state index in [1.165, 1.54) is 0 Å². The molecule has 112 valence electrons. The zero-order valence-corrected chi connectivity index (χ0v) is 12.9. The molecule has 1 fully saturated rings. The van der Waals surface area contributed by atoms with E-state index >= 15 is 0 Å². The fraction of sp³-hybridized carbons (Fsp3) is 0.600. The number of para-hydroxylation sites is 1. The van der Waals surface area contributed by atoms with Crippen molar-refractivity contribution in [3.05, 3.63) is 28.8 Å². The lowest BCUT2D eigenvalue weighted by molar-refractivity contribution is 0.133. The maximum Gasteiger partial charge on any atom is 0.141 e. The van der Waals surface area contributed by atoms with Gasteiger partial charge in [0.2, 0.25) is 0 Å². The molecule has 0 atom stereocenters. The fourth-order valence-electron chi connectivity index (χ4n) is 2.42. The summed E-state index contributed by atoms with van der Waals surface area (Å²) in [5.41, 5.74) is 6.72. The summed E-state index contributed by atoms with van der Waals surface area (Å²) >= 11 is 6.22. The smallest absolute Gasteiger partial charge is 0.141 e. The normalized spacial score (nSPS) is 17.4. The molecule has 1 saturated heterocycles. The van der Waals surface area contributed by atoms with Crippen molar-refractivity contribution in [2.45, 2.75) is 6.42 Å². The largest absolute Gasteiger partial charge is 0.490 e. The van der Waals surface area contributed by atoms with E-state index in [0.717, 1.165) is 50.5 Å². The first-order valence-corrected chi connectivity index (χ1v) is 7.59. The number of rotatable bonds is 6. The minimum absolute atomic E-state index is 0.606. The summed E-state index contributed by atoms with van der Waals surface area (Å²) in [6.45, 7) is 6.70. The predicted octanol–water partition coefficient (Wildman–Crippen LogP) is 1.47. The Labute approximate surface area is 126 Å². The molecule has 1 aromatic carbocycles. The van der Waals surface area contributed by atoms with Gasteiger partial charge in [0.05, 0.1) is 5.02 Å². The number of likely N-dealkylation sites (N-methyl/N-ethyl adjacent to an activating group) is 1. The van der Waals surface area contributed by atoms with Crippen molar-refractivity contribution < 1.29 is 4.74 Å². The quantitative estimate of drug-likeness (QED) is 0.863. The highest BCUT2D eigenvalue weighted by Crippen LogP contribution is 2.28. The van der Waals surface area contributed by atoms with Gasteiger partial charge < -0.3 is 15.4 Å². The highest BCUT2D eigenvalue weighted by Gasteiger charge is 2.14. The van der Waals surface area contributed by atoms with Crippen LogP contribution in [0.15, 0.2) is 18.2 Å². The van der Waals surface area contributed by atoms with E-state index in [-0.39, 0.29) is 0 Å². The van der Waals surface area contributed by atoms with Crippen LogP contribution in [0.1, 0.15) is 5.56 Å². The lowest BCUT2D eigenvalue weighted by Crippen LogP contribution is -2.45. The van der Waals surface area contributed by atoms with Crippen molar-refractivity contribution >= 4 is 11.6 Å². The SMILES string of the molecule is CN1CCN(CCOc2c(Cl)cccc2CCN)CC1. The summed E-state index contributed by atoms with van der Waals surface area (Å²) in [7, 11) is 2.16. The minimum atomic E-state index is 0.606. The number of nitrogens with two attached hydrogens (primary N) is 1. The van der Waals surface area contributed by atoms with Crippen LogP contribution in [-0.2, 0) is 6.42 Å². The van der Waals surface area contributed by atoms with E-state index in [1.54, 1.807) is 0 Å². The van der Waals surface area contributed by atoms with Gasteiger partial charge in [0.25, 0.3) is 0 Å². The molecule has 0 aliphatic carbocycles. The standard InChI is InChI=1S/C15H24ClN3O/c1-18-7-9-19(10-8-18)11-12-20-15-13(5-6-17)3-2-4-14(15)16/h2-4H,5-12,17H2,1H3. The van der Waals surface area contributed by atoms with Crippen molar-refractivity contribution in [2.24, 2.45) is 5.73 Å². The molecule has 5 heteroatoms. The maximum absolute atomic E-state index is 6.22. The Morgan fingerprint density at radius 2 is 2.00 bits per heavy atom. The minimum Gasteiger partial charge on any atom is -0.490 e. The first-order valence-electron chi connectivity index (χ1n) is 7.22. The molecule has 0 bridgehead atoms. The molecule has 1 aliphatic rings. The number of hydrogen-bond donors (Lipinski definition) is 1. The molecule has 1 aromatic rings. The molecular formula is C15H24ClN3O. The molecule has 0 amide bonds. The average Bonchev–Trinajstić information content (AvgIpc) is 2.44. The summed E-state index contributed by atoms with van der Waals surface area (Å²) in [5.74, 6) is 0.800. The van der Waals surface area contributed by atoms with Crippen molar-refractivity contribution in [3.8, 4) is 5.75 Å². The lowest BCUT2D eigenvalue weighted by Gasteiger charge is -2.32. The Morgan fingerprint density at radius 1 is 1.25 bits per heavy atom. The number of benzene rings is 1. The van der Waals surface area contributed by atoms with Gasteiger partial charge in [-0.05, 0) is 31.6 Å². The Hall–Kier alpha value is -0.810. The highest BCUT2D eigenvalue weighted by atomic mass is 35.5. The number of halogens is 1. The molecular weight excluding hydrogens is 274 g/mol. The second-order valence-corrected chi connectivity index (χ2v) is 5.67. The topological polar surface area (TPSA) is 41.7 Å². The monoisotopic (exact) mass is 297 g/mol. The first-order chi connectivity index (χ1) is 9.70. The maximum atomic E-state index is 6.22. The molecule has 1 heterocycles. The van der Waals surface area contributed by atoms with Crippen LogP contribution in [0.25, 0.3) is 0 Å². The molecule has 4 nitrogen and oxygen atoms in total. The fourth-order valence-corrected chi connectivity index (χ4v) is 2.66. The van der Waals surface area contributed by atoms with Gasteiger partial charge in [0, 0.05) is 32.7 Å². The zero-order valence-electron chi connectivity index (χ0n) is 12.1. The highest BCUT2D eigenvalue weighted by molar-refractivity contribution is 6.32. The van der Waals surface area contributed by atoms with Gasteiger partial charge >= 0.3 is 0 Å². The summed E-state index contributed by atoms with van der Waals surface area (Å²) < 4.78 is 5.91. The second kappa shape index (κ2) is 7.84. The van der Waals surface area contributed by atoms with Crippen LogP contribution in [0.4, 0.5) is 0 Å². The Balaban J connectivity index is 1.84. The molecule has 1 aliphatic heterocycles. The summed E-state index contributed by atoms with van der Waals surface area (Å²) in [5, 5.41) is 0.675. The van der Waals surface area contributed by atoms with Gasteiger partial charge in [-0.2, -0.15) is 0 Å². The number of hydrogen-bond acceptors (Lipinski definition) is 4. The average molecular weight is 298 g/mol. The van der Waals surface area contributed by atoms with E-state index < -0.39 is 0 Å². The number of piperazine rings is 1. The summed E-state index contributed by atoms with van der Waals surface area (Å²) in [6.07, 6.45) is 0.796. The molecule has 2 rings (SSSR count). The van der Waals surface area contributed by atoms with E-state index in [4.69, 9.17) is 22.1 Å². The molecule has 0 saturated carbocycles. The Bertz CT molecular complexity index is 420. The summed E-state index contributed by atoms with van der Waals surface area (Å²) in [4.78, 5) is 4.78. The molecule has 0 unspecified atom stereocenters. The van der Waals surface area contributed by atoms with Crippen molar-refractivity contribution in [1.82, 2.24) is 9.80 Å². The molecule has 20 heavy (non-hydrogen) atoms. The van der Waals surface area contributed by atoms with Gasteiger partial charge in [-0.15, -0.1) is 0 Å². The Morgan fingerprint density at radius 3 is 2.70 bits per heavy atom. The Kier molecular flexibility index (Phi) is 6.10.